The predicted molar refractivity (Wildman–Crippen MR) is 100 cm³/mol. The topological polar surface area (TPSA) is 79.8 Å². The van der Waals surface area contributed by atoms with E-state index in [2.05, 4.69) is 4.98 Å². The van der Waals surface area contributed by atoms with Gasteiger partial charge in [0.1, 0.15) is 6.54 Å². The number of pyridine rings is 1. The van der Waals surface area contributed by atoms with E-state index < -0.39 is 0 Å². The molecule has 0 N–H and O–H groups in total. The van der Waals surface area contributed by atoms with Gasteiger partial charge >= 0.3 is 0 Å². The van der Waals surface area contributed by atoms with Crippen molar-refractivity contribution in [1.82, 2.24) is 9.88 Å². The molecule has 1 atom stereocenters. The second-order valence-electron chi connectivity index (χ2n) is 6.61. The number of hydrogen-bond acceptors (Lipinski definition) is 6. The summed E-state index contributed by atoms with van der Waals surface area (Å²) in [6.45, 7) is 0.793. The van der Waals surface area contributed by atoms with Gasteiger partial charge < -0.3 is 9.64 Å². The highest BCUT2D eigenvalue weighted by Crippen LogP contribution is 2.29. The van der Waals surface area contributed by atoms with Crippen LogP contribution in [0.3, 0.4) is 0 Å². The highest BCUT2D eigenvalue weighted by molar-refractivity contribution is 7.12. The molecule has 1 fully saturated rings. The molecule has 8 heteroatoms. The molecule has 0 unspecified atom stereocenters. The van der Waals surface area contributed by atoms with Crippen LogP contribution in [0.4, 0.5) is 5.82 Å². The zero-order valence-corrected chi connectivity index (χ0v) is 15.5. The van der Waals surface area contributed by atoms with E-state index in [4.69, 9.17) is 4.74 Å². The van der Waals surface area contributed by atoms with E-state index in [-0.39, 0.29) is 36.7 Å². The van der Waals surface area contributed by atoms with Crippen LogP contribution in [0.25, 0.3) is 0 Å². The number of fused-ring (bicyclic) bond motifs is 1. The summed E-state index contributed by atoms with van der Waals surface area (Å²) in [6.07, 6.45) is 3.12. The van der Waals surface area contributed by atoms with Gasteiger partial charge in [-0.15, -0.1) is 11.3 Å². The molecule has 0 aliphatic carbocycles. The van der Waals surface area contributed by atoms with Gasteiger partial charge in [0.2, 0.25) is 5.91 Å². The highest BCUT2D eigenvalue weighted by Gasteiger charge is 2.33. The minimum absolute atomic E-state index is 0.0912. The number of Topliss-reactive ketones (excluding diaryl/α,β-unsaturated/α-hetero) is 1. The van der Waals surface area contributed by atoms with Crippen LogP contribution in [-0.2, 0) is 9.59 Å². The van der Waals surface area contributed by atoms with Crippen LogP contribution in [0.1, 0.15) is 22.5 Å². The molecule has 2 aliphatic rings. The Morgan fingerprint density at radius 2 is 2.19 bits per heavy atom. The maximum Gasteiger partial charge on any atom is 0.266 e. The fourth-order valence-corrected chi connectivity index (χ4v) is 4.21. The van der Waals surface area contributed by atoms with Gasteiger partial charge in [0.25, 0.3) is 5.91 Å². The maximum atomic E-state index is 12.8. The van der Waals surface area contributed by atoms with E-state index in [1.165, 1.54) is 16.2 Å². The molecule has 7 nitrogen and oxygen atoms in total. The SMILES string of the molecule is O=C(c1cccs1)[C@H]1CCCN(C(=O)CN2C(=O)COc3cccnc32)C1. The Morgan fingerprint density at radius 3 is 3.00 bits per heavy atom. The minimum atomic E-state index is -0.294. The van der Waals surface area contributed by atoms with Crippen LogP contribution in [0, 0.1) is 5.92 Å². The lowest BCUT2D eigenvalue weighted by Crippen LogP contribution is -2.49. The molecule has 2 aromatic rings. The Bertz CT molecular complexity index is 868. The van der Waals surface area contributed by atoms with Crippen LogP contribution in [-0.4, -0.2) is 53.7 Å². The molecule has 4 rings (SSSR count). The highest BCUT2D eigenvalue weighted by atomic mass is 32.1. The van der Waals surface area contributed by atoms with Gasteiger partial charge in [0.05, 0.1) is 4.88 Å². The molecule has 0 spiro atoms. The average molecular weight is 385 g/mol. The largest absolute Gasteiger partial charge is 0.480 e. The Morgan fingerprint density at radius 1 is 1.30 bits per heavy atom. The predicted octanol–water partition coefficient (Wildman–Crippen LogP) is 1.99. The van der Waals surface area contributed by atoms with E-state index in [9.17, 15) is 14.4 Å². The number of ether oxygens (including phenoxy) is 1. The lowest BCUT2D eigenvalue weighted by molar-refractivity contribution is -0.133. The van der Waals surface area contributed by atoms with Crippen molar-refractivity contribution in [3.05, 3.63) is 40.7 Å². The first kappa shape index (κ1) is 17.7. The smallest absolute Gasteiger partial charge is 0.266 e. The summed E-state index contributed by atoms with van der Waals surface area (Å²) in [5.74, 6) is 0.298. The molecule has 27 heavy (non-hydrogen) atoms. The van der Waals surface area contributed by atoms with Crippen LogP contribution in [0.5, 0.6) is 5.75 Å². The van der Waals surface area contributed by atoms with Crippen LogP contribution in [0.15, 0.2) is 35.8 Å². The summed E-state index contributed by atoms with van der Waals surface area (Å²) < 4.78 is 5.36. The second-order valence-corrected chi connectivity index (χ2v) is 7.56. The van der Waals surface area contributed by atoms with Gasteiger partial charge in [-0.3, -0.25) is 19.3 Å². The summed E-state index contributed by atoms with van der Waals surface area (Å²) in [7, 11) is 0. The Labute approximate surface area is 160 Å². The number of aromatic nitrogens is 1. The first-order chi connectivity index (χ1) is 13.1. The number of carbonyl (C=O) groups excluding carboxylic acids is 3. The summed E-state index contributed by atoms with van der Waals surface area (Å²) in [5, 5.41) is 1.88. The number of hydrogen-bond donors (Lipinski definition) is 0. The lowest BCUT2D eigenvalue weighted by atomic mass is 9.93. The van der Waals surface area contributed by atoms with Gasteiger partial charge in [-0.2, -0.15) is 0 Å². The molecule has 2 amide bonds. The molecule has 0 bridgehead atoms. The Kier molecular flexibility index (Phi) is 4.89. The first-order valence-electron chi connectivity index (χ1n) is 8.87. The lowest BCUT2D eigenvalue weighted by Gasteiger charge is -2.34. The van der Waals surface area contributed by atoms with Crippen molar-refractivity contribution in [2.75, 3.05) is 31.1 Å². The van der Waals surface area contributed by atoms with Crippen molar-refractivity contribution in [3.63, 3.8) is 0 Å². The standard InChI is InChI=1S/C19H19N3O4S/c23-16(11-22-17(24)12-26-14-5-1-7-20-19(14)22)21-8-2-4-13(10-21)18(25)15-6-3-9-27-15/h1,3,5-7,9,13H,2,4,8,10-12H2/t13-/m0/s1. The number of amides is 2. The number of rotatable bonds is 4. The average Bonchev–Trinajstić information content (AvgIpc) is 3.24. The van der Waals surface area contributed by atoms with E-state index in [1.807, 2.05) is 17.5 Å². The molecular weight excluding hydrogens is 366 g/mol. The van der Waals surface area contributed by atoms with Crippen molar-refractivity contribution < 1.29 is 19.1 Å². The molecule has 4 heterocycles. The molecule has 2 aliphatic heterocycles. The molecule has 1 saturated heterocycles. The van der Waals surface area contributed by atoms with Gasteiger partial charge in [0.15, 0.2) is 24.0 Å². The van der Waals surface area contributed by atoms with Crippen molar-refractivity contribution >= 4 is 34.8 Å². The van der Waals surface area contributed by atoms with Crippen molar-refractivity contribution in [3.8, 4) is 5.75 Å². The first-order valence-corrected chi connectivity index (χ1v) is 9.75. The van der Waals surface area contributed by atoms with Crippen LogP contribution in [0.2, 0.25) is 0 Å². The number of ketones is 1. The van der Waals surface area contributed by atoms with Gasteiger partial charge in [-0.25, -0.2) is 4.98 Å². The van der Waals surface area contributed by atoms with Crippen molar-refractivity contribution in [1.29, 1.82) is 0 Å². The Balaban J connectivity index is 1.45. The quantitative estimate of drug-likeness (QED) is 0.752. The summed E-state index contributed by atoms with van der Waals surface area (Å²) in [5.41, 5.74) is 0. The minimum Gasteiger partial charge on any atom is -0.480 e. The number of carbonyl (C=O) groups is 3. The summed E-state index contributed by atoms with van der Waals surface area (Å²) >= 11 is 1.43. The molecule has 0 radical (unpaired) electrons. The van der Waals surface area contributed by atoms with Crippen molar-refractivity contribution in [2.24, 2.45) is 5.92 Å². The summed E-state index contributed by atoms with van der Waals surface area (Å²) in [6, 6.07) is 7.13. The third-order valence-electron chi connectivity index (χ3n) is 4.86. The van der Waals surface area contributed by atoms with Crippen molar-refractivity contribution in [2.45, 2.75) is 12.8 Å². The molecule has 140 valence electrons. The van der Waals surface area contributed by atoms with Crippen LogP contribution >= 0.6 is 11.3 Å². The normalized spacial score (nSPS) is 19.4. The fraction of sp³-hybridized carbons (Fsp3) is 0.368. The van der Waals surface area contributed by atoms with E-state index in [0.717, 1.165) is 17.7 Å². The van der Waals surface area contributed by atoms with E-state index in [1.54, 1.807) is 23.2 Å². The molecule has 0 saturated carbocycles. The second kappa shape index (κ2) is 7.48. The zero-order valence-electron chi connectivity index (χ0n) is 14.7. The molecule has 0 aromatic carbocycles. The Hall–Kier alpha value is -2.74. The van der Waals surface area contributed by atoms with E-state index in [0.29, 0.717) is 24.7 Å². The maximum absolute atomic E-state index is 12.8. The van der Waals surface area contributed by atoms with Crippen LogP contribution < -0.4 is 9.64 Å². The zero-order chi connectivity index (χ0) is 18.8. The number of likely N-dealkylation sites (tertiary alicyclic amines) is 1. The monoisotopic (exact) mass is 385 g/mol. The molecule has 2 aromatic heterocycles. The van der Waals surface area contributed by atoms with Gasteiger partial charge in [0, 0.05) is 25.2 Å². The number of piperidine rings is 1. The van der Waals surface area contributed by atoms with Gasteiger partial charge in [-0.1, -0.05) is 6.07 Å². The summed E-state index contributed by atoms with van der Waals surface area (Å²) in [4.78, 5) is 45.7. The number of anilines is 1. The number of nitrogens with zero attached hydrogens (tertiary/aromatic N) is 3. The third-order valence-corrected chi connectivity index (χ3v) is 5.75. The van der Waals surface area contributed by atoms with Gasteiger partial charge in [-0.05, 0) is 36.4 Å². The fourth-order valence-electron chi connectivity index (χ4n) is 3.47. The third kappa shape index (κ3) is 3.57. The molecular formula is C19H19N3O4S. The van der Waals surface area contributed by atoms with E-state index >= 15 is 0 Å². The number of thiophene rings is 1.